The van der Waals surface area contributed by atoms with Crippen molar-refractivity contribution < 1.29 is 19.1 Å². The molecular weight excluding hydrogens is 304 g/mol. The highest BCUT2D eigenvalue weighted by molar-refractivity contribution is 5.91. The molecule has 0 aliphatic carbocycles. The van der Waals surface area contributed by atoms with Gasteiger partial charge in [-0.15, -0.1) is 0 Å². The van der Waals surface area contributed by atoms with Crippen LogP contribution in [0.3, 0.4) is 0 Å². The lowest BCUT2D eigenvalue weighted by molar-refractivity contribution is -0.144. The number of hydrogen-bond acceptors (Lipinski definition) is 4. The molecule has 0 radical (unpaired) electrons. The summed E-state index contributed by atoms with van der Waals surface area (Å²) in [5, 5.41) is 0. The van der Waals surface area contributed by atoms with Gasteiger partial charge in [-0.25, -0.2) is 9.59 Å². The maximum Gasteiger partial charge on any atom is 0.331 e. The molecule has 0 saturated heterocycles. The van der Waals surface area contributed by atoms with Crippen LogP contribution in [0.5, 0.6) is 0 Å². The summed E-state index contributed by atoms with van der Waals surface area (Å²) in [5.41, 5.74) is 0. The van der Waals surface area contributed by atoms with E-state index in [2.05, 4.69) is 20.8 Å². The van der Waals surface area contributed by atoms with E-state index in [0.29, 0.717) is 12.5 Å². The van der Waals surface area contributed by atoms with Crippen LogP contribution in [0.2, 0.25) is 0 Å². The molecule has 4 nitrogen and oxygen atoms in total. The van der Waals surface area contributed by atoms with Crippen LogP contribution in [0.4, 0.5) is 0 Å². The number of rotatable bonds is 14. The van der Waals surface area contributed by atoms with Crippen molar-refractivity contribution in [2.24, 2.45) is 5.92 Å². The van der Waals surface area contributed by atoms with Gasteiger partial charge in [0.15, 0.2) is 0 Å². The minimum atomic E-state index is -0.493. The fraction of sp³-hybridized carbons (Fsp3) is 0.800. The maximum absolute atomic E-state index is 11.5. The average Bonchev–Trinajstić information content (AvgIpc) is 2.50. The molecule has 0 aromatic carbocycles. The second kappa shape index (κ2) is 15.2. The first-order valence-corrected chi connectivity index (χ1v) is 9.51. The summed E-state index contributed by atoms with van der Waals surface area (Å²) in [6.45, 7) is 8.63. The van der Waals surface area contributed by atoms with E-state index in [-0.39, 0.29) is 6.10 Å². The molecule has 0 fully saturated rings. The van der Waals surface area contributed by atoms with Gasteiger partial charge in [-0.3, -0.25) is 0 Å². The first-order chi connectivity index (χ1) is 11.5. The average molecular weight is 341 g/mol. The summed E-state index contributed by atoms with van der Waals surface area (Å²) < 4.78 is 10.2. The number of ether oxygens (including phenoxy) is 2. The molecule has 0 N–H and O–H groups in total. The summed E-state index contributed by atoms with van der Waals surface area (Å²) in [4.78, 5) is 23.0. The molecule has 0 rings (SSSR count). The fourth-order valence-electron chi connectivity index (χ4n) is 2.54. The number of unbranched alkanes of at least 4 members (excludes halogenated alkanes) is 7. The quantitative estimate of drug-likeness (QED) is 0.248. The highest BCUT2D eigenvalue weighted by atomic mass is 16.5. The van der Waals surface area contributed by atoms with Gasteiger partial charge < -0.3 is 9.47 Å². The summed E-state index contributed by atoms with van der Waals surface area (Å²) in [7, 11) is 0. The number of carbonyl (C=O) groups is 2. The molecule has 0 aromatic rings. The van der Waals surface area contributed by atoms with Crippen LogP contribution >= 0.6 is 0 Å². The lowest BCUT2D eigenvalue weighted by Crippen LogP contribution is -2.15. The Bertz CT molecular complexity index is 361. The highest BCUT2D eigenvalue weighted by Crippen LogP contribution is 2.09. The maximum atomic E-state index is 11.5. The normalized spacial score (nSPS) is 12.5. The van der Waals surface area contributed by atoms with E-state index in [1.807, 2.05) is 6.92 Å². The van der Waals surface area contributed by atoms with E-state index >= 15 is 0 Å². The van der Waals surface area contributed by atoms with Gasteiger partial charge in [-0.2, -0.15) is 0 Å². The van der Waals surface area contributed by atoms with Crippen LogP contribution < -0.4 is 0 Å². The molecule has 24 heavy (non-hydrogen) atoms. The summed E-state index contributed by atoms with van der Waals surface area (Å²) in [5.74, 6) is -0.507. The van der Waals surface area contributed by atoms with Gasteiger partial charge in [0, 0.05) is 12.2 Å². The number of carbonyl (C=O) groups excluding carboxylic acids is 2. The Morgan fingerprint density at radius 2 is 1.38 bits per heavy atom. The van der Waals surface area contributed by atoms with E-state index in [9.17, 15) is 9.59 Å². The van der Waals surface area contributed by atoms with E-state index in [1.165, 1.54) is 38.5 Å². The molecule has 0 heterocycles. The van der Waals surface area contributed by atoms with Gasteiger partial charge in [-0.05, 0) is 25.7 Å². The van der Waals surface area contributed by atoms with Crippen molar-refractivity contribution in [1.29, 1.82) is 0 Å². The Balaban J connectivity index is 3.62. The summed E-state index contributed by atoms with van der Waals surface area (Å²) in [6, 6.07) is 0. The van der Waals surface area contributed by atoms with Crippen molar-refractivity contribution in [1.82, 2.24) is 0 Å². The summed E-state index contributed by atoms with van der Waals surface area (Å²) >= 11 is 0. The van der Waals surface area contributed by atoms with Crippen LogP contribution in [0.25, 0.3) is 0 Å². The SMILES string of the molecule is CCCCCCCCCCOC(=O)/C=C/C(=O)OC(C)CC(C)C. The van der Waals surface area contributed by atoms with E-state index in [4.69, 9.17) is 9.47 Å². The zero-order valence-electron chi connectivity index (χ0n) is 16.0. The molecular formula is C20H36O4. The van der Waals surface area contributed by atoms with Gasteiger partial charge in [0.1, 0.15) is 0 Å². The van der Waals surface area contributed by atoms with Crippen molar-refractivity contribution >= 4 is 11.9 Å². The Hall–Kier alpha value is -1.32. The van der Waals surface area contributed by atoms with Gasteiger partial charge >= 0.3 is 11.9 Å². The molecule has 0 aromatic heterocycles. The van der Waals surface area contributed by atoms with Crippen LogP contribution in [0, 0.1) is 5.92 Å². The van der Waals surface area contributed by atoms with Gasteiger partial charge in [-0.1, -0.05) is 65.7 Å². The van der Waals surface area contributed by atoms with Gasteiger partial charge in [0.25, 0.3) is 0 Å². The monoisotopic (exact) mass is 340 g/mol. The van der Waals surface area contributed by atoms with Gasteiger partial charge in [0.2, 0.25) is 0 Å². The zero-order chi connectivity index (χ0) is 18.2. The molecule has 0 aliphatic heterocycles. The Kier molecular flexibility index (Phi) is 14.4. The highest BCUT2D eigenvalue weighted by Gasteiger charge is 2.09. The third-order valence-corrected chi connectivity index (χ3v) is 3.72. The topological polar surface area (TPSA) is 52.6 Å². The molecule has 1 unspecified atom stereocenters. The van der Waals surface area contributed by atoms with E-state index < -0.39 is 11.9 Å². The standard InChI is InChI=1S/C20H36O4/c1-5-6-7-8-9-10-11-12-15-23-19(21)13-14-20(22)24-18(4)16-17(2)3/h13-14,17-18H,5-12,15-16H2,1-4H3/b14-13+. The predicted molar refractivity (Wildman–Crippen MR) is 97.7 cm³/mol. The van der Waals surface area contributed by atoms with Crippen LogP contribution in [-0.2, 0) is 19.1 Å². The lowest BCUT2D eigenvalue weighted by atomic mass is 10.1. The first-order valence-electron chi connectivity index (χ1n) is 9.51. The van der Waals surface area contributed by atoms with Crippen molar-refractivity contribution in [3.05, 3.63) is 12.2 Å². The minimum Gasteiger partial charge on any atom is -0.463 e. The van der Waals surface area contributed by atoms with Crippen molar-refractivity contribution in [2.45, 2.75) is 91.6 Å². The Morgan fingerprint density at radius 3 is 1.96 bits per heavy atom. The molecule has 4 heteroatoms. The van der Waals surface area contributed by atoms with Crippen molar-refractivity contribution in [3.8, 4) is 0 Å². The number of esters is 2. The minimum absolute atomic E-state index is 0.143. The lowest BCUT2D eigenvalue weighted by Gasteiger charge is -2.13. The third-order valence-electron chi connectivity index (χ3n) is 3.72. The molecule has 1 atom stereocenters. The van der Waals surface area contributed by atoms with Crippen LogP contribution in [0.15, 0.2) is 12.2 Å². The number of hydrogen-bond donors (Lipinski definition) is 0. The largest absolute Gasteiger partial charge is 0.463 e. The molecule has 0 saturated carbocycles. The Morgan fingerprint density at radius 1 is 0.833 bits per heavy atom. The smallest absolute Gasteiger partial charge is 0.331 e. The Labute approximate surface area is 148 Å². The molecule has 0 amide bonds. The molecule has 140 valence electrons. The second-order valence-corrected chi connectivity index (χ2v) is 6.85. The third kappa shape index (κ3) is 15.6. The molecule has 0 bridgehead atoms. The fourth-order valence-corrected chi connectivity index (χ4v) is 2.54. The van der Waals surface area contributed by atoms with E-state index in [0.717, 1.165) is 31.4 Å². The van der Waals surface area contributed by atoms with Crippen LogP contribution in [-0.4, -0.2) is 24.6 Å². The first kappa shape index (κ1) is 22.7. The van der Waals surface area contributed by atoms with Crippen molar-refractivity contribution in [3.63, 3.8) is 0 Å². The van der Waals surface area contributed by atoms with E-state index in [1.54, 1.807) is 0 Å². The zero-order valence-corrected chi connectivity index (χ0v) is 16.0. The van der Waals surface area contributed by atoms with Gasteiger partial charge in [0.05, 0.1) is 12.7 Å². The molecule has 0 aliphatic rings. The predicted octanol–water partition coefficient (Wildman–Crippen LogP) is 5.20. The second-order valence-electron chi connectivity index (χ2n) is 6.85. The molecule has 0 spiro atoms. The summed E-state index contributed by atoms with van der Waals surface area (Å²) in [6.07, 6.45) is 12.6. The van der Waals surface area contributed by atoms with Crippen molar-refractivity contribution in [2.75, 3.05) is 6.61 Å². The van der Waals surface area contributed by atoms with Crippen LogP contribution in [0.1, 0.15) is 85.5 Å².